The van der Waals surface area contributed by atoms with Crippen LogP contribution in [0.2, 0.25) is 5.15 Å². The van der Waals surface area contributed by atoms with Gasteiger partial charge in [-0.05, 0) is 43.7 Å². The maximum absolute atomic E-state index is 9.02. The van der Waals surface area contributed by atoms with Crippen molar-refractivity contribution in [1.82, 2.24) is 10.2 Å². The van der Waals surface area contributed by atoms with Crippen LogP contribution in [0.1, 0.15) is 37.3 Å². The van der Waals surface area contributed by atoms with Gasteiger partial charge in [0.1, 0.15) is 0 Å². The third-order valence-electron chi connectivity index (χ3n) is 3.26. The molecular weight excluding hydrogens is 250 g/mol. The molecule has 1 atom stereocenters. The fourth-order valence-electron chi connectivity index (χ4n) is 1.92. The Hall–Kier alpha value is -0.870. The molecule has 0 bridgehead atoms. The largest absolute Gasteiger partial charge is 0.396 e. The highest BCUT2D eigenvalue weighted by Gasteiger charge is 2.11. The van der Waals surface area contributed by atoms with E-state index in [4.69, 9.17) is 16.7 Å². The average molecular weight is 272 g/mol. The Morgan fingerprint density at radius 2 is 1.94 bits per heavy atom. The van der Waals surface area contributed by atoms with E-state index in [-0.39, 0.29) is 6.61 Å². The van der Waals surface area contributed by atoms with Gasteiger partial charge in [-0.3, -0.25) is 0 Å². The van der Waals surface area contributed by atoms with Crippen LogP contribution >= 0.6 is 11.6 Å². The fourth-order valence-corrected chi connectivity index (χ4v) is 2.10. The van der Waals surface area contributed by atoms with Crippen LogP contribution in [0.15, 0.2) is 0 Å². The topological polar surface area (TPSA) is 58.0 Å². The smallest absolute Gasteiger partial charge is 0.155 e. The van der Waals surface area contributed by atoms with Crippen molar-refractivity contribution in [2.75, 3.05) is 18.5 Å². The fraction of sp³-hybridized carbons (Fsp3) is 0.692. The summed E-state index contributed by atoms with van der Waals surface area (Å²) in [7, 11) is 0. The Morgan fingerprint density at radius 3 is 2.56 bits per heavy atom. The average Bonchev–Trinajstić information content (AvgIpc) is 2.35. The normalized spacial score (nSPS) is 12.5. The Bertz CT molecular complexity index is 379. The maximum Gasteiger partial charge on any atom is 0.155 e. The van der Waals surface area contributed by atoms with Gasteiger partial charge in [-0.2, -0.15) is 0 Å². The molecular formula is C13H22ClN3O. The van der Waals surface area contributed by atoms with E-state index in [2.05, 4.69) is 22.4 Å². The predicted molar refractivity (Wildman–Crippen MR) is 75.1 cm³/mol. The van der Waals surface area contributed by atoms with Gasteiger partial charge >= 0.3 is 0 Å². The molecule has 0 amide bonds. The van der Waals surface area contributed by atoms with Gasteiger partial charge in [-0.25, -0.2) is 0 Å². The molecule has 2 N–H and O–H groups in total. The van der Waals surface area contributed by atoms with Gasteiger partial charge in [-0.15, -0.1) is 10.2 Å². The SMILES string of the molecule is CCCC(CCO)CNc1nnc(Cl)c(C)c1C. The number of nitrogens with zero attached hydrogens (tertiary/aromatic N) is 2. The summed E-state index contributed by atoms with van der Waals surface area (Å²) in [5.41, 5.74) is 2.00. The van der Waals surface area contributed by atoms with Crippen LogP contribution in [0.3, 0.4) is 0 Å². The predicted octanol–water partition coefficient (Wildman–Crippen LogP) is 2.96. The van der Waals surface area contributed by atoms with E-state index in [1.54, 1.807) is 0 Å². The van der Waals surface area contributed by atoms with Gasteiger partial charge < -0.3 is 10.4 Å². The lowest BCUT2D eigenvalue weighted by atomic mass is 10.0. The minimum absolute atomic E-state index is 0.233. The summed E-state index contributed by atoms with van der Waals surface area (Å²) in [5.74, 6) is 1.26. The van der Waals surface area contributed by atoms with Gasteiger partial charge in [0.05, 0.1) is 0 Å². The van der Waals surface area contributed by atoms with E-state index in [9.17, 15) is 0 Å². The number of anilines is 1. The van der Waals surface area contributed by atoms with Crippen molar-refractivity contribution in [3.63, 3.8) is 0 Å². The Balaban J connectivity index is 2.64. The first-order chi connectivity index (χ1) is 8.60. The second kappa shape index (κ2) is 7.54. The van der Waals surface area contributed by atoms with E-state index in [0.717, 1.165) is 42.8 Å². The van der Waals surface area contributed by atoms with Gasteiger partial charge in [0.25, 0.3) is 0 Å². The van der Waals surface area contributed by atoms with Crippen molar-refractivity contribution in [1.29, 1.82) is 0 Å². The molecule has 102 valence electrons. The summed E-state index contributed by atoms with van der Waals surface area (Å²) in [6.07, 6.45) is 3.04. The maximum atomic E-state index is 9.02. The van der Waals surface area contributed by atoms with E-state index < -0.39 is 0 Å². The second-order valence-corrected chi connectivity index (χ2v) is 5.00. The first-order valence-corrected chi connectivity index (χ1v) is 6.82. The molecule has 1 unspecified atom stereocenters. The minimum Gasteiger partial charge on any atom is -0.396 e. The molecule has 1 aromatic rings. The minimum atomic E-state index is 0.233. The number of hydrogen-bond donors (Lipinski definition) is 2. The number of nitrogens with one attached hydrogen (secondary N) is 1. The third kappa shape index (κ3) is 4.10. The van der Waals surface area contributed by atoms with Gasteiger partial charge in [0.15, 0.2) is 11.0 Å². The summed E-state index contributed by atoms with van der Waals surface area (Å²) in [6.45, 7) is 7.12. The molecule has 5 heteroatoms. The van der Waals surface area contributed by atoms with Crippen molar-refractivity contribution in [3.05, 3.63) is 16.3 Å². The summed E-state index contributed by atoms with van der Waals surface area (Å²) in [5, 5.41) is 20.8. The molecule has 0 saturated carbocycles. The molecule has 4 nitrogen and oxygen atoms in total. The lowest BCUT2D eigenvalue weighted by Gasteiger charge is -2.17. The monoisotopic (exact) mass is 271 g/mol. The van der Waals surface area contributed by atoms with E-state index in [1.165, 1.54) is 0 Å². The molecule has 1 heterocycles. The van der Waals surface area contributed by atoms with Crippen LogP contribution in [0, 0.1) is 19.8 Å². The van der Waals surface area contributed by atoms with Crippen LogP contribution < -0.4 is 5.32 Å². The van der Waals surface area contributed by atoms with Crippen molar-refractivity contribution in [2.45, 2.75) is 40.0 Å². The molecule has 18 heavy (non-hydrogen) atoms. The number of rotatable bonds is 7. The summed E-state index contributed by atoms with van der Waals surface area (Å²) in [4.78, 5) is 0. The standard InChI is InChI=1S/C13H22ClN3O/c1-4-5-11(6-7-18)8-15-13-10(3)9(2)12(14)16-17-13/h11,18H,4-8H2,1-3H3,(H,15,17). The Kier molecular flexibility index (Phi) is 6.36. The molecule has 0 spiro atoms. The Labute approximate surface area is 114 Å². The highest BCUT2D eigenvalue weighted by Crippen LogP contribution is 2.21. The quantitative estimate of drug-likeness (QED) is 0.801. The van der Waals surface area contributed by atoms with E-state index in [1.807, 2.05) is 13.8 Å². The van der Waals surface area contributed by atoms with E-state index in [0.29, 0.717) is 11.1 Å². The van der Waals surface area contributed by atoms with Gasteiger partial charge in [0.2, 0.25) is 0 Å². The molecule has 0 aromatic carbocycles. The molecule has 0 saturated heterocycles. The van der Waals surface area contributed by atoms with Gasteiger partial charge in [-0.1, -0.05) is 24.9 Å². The van der Waals surface area contributed by atoms with Crippen molar-refractivity contribution >= 4 is 17.4 Å². The zero-order valence-corrected chi connectivity index (χ0v) is 12.1. The molecule has 1 rings (SSSR count). The second-order valence-electron chi connectivity index (χ2n) is 4.64. The van der Waals surface area contributed by atoms with Crippen LogP contribution in [0.25, 0.3) is 0 Å². The molecule has 0 aliphatic heterocycles. The van der Waals surface area contributed by atoms with Crippen LogP contribution in [0.5, 0.6) is 0 Å². The molecule has 0 aliphatic rings. The third-order valence-corrected chi connectivity index (χ3v) is 3.62. The number of aromatic nitrogens is 2. The highest BCUT2D eigenvalue weighted by atomic mass is 35.5. The summed E-state index contributed by atoms with van der Waals surface area (Å²) < 4.78 is 0. The zero-order chi connectivity index (χ0) is 13.5. The molecule has 0 aliphatic carbocycles. The number of aliphatic hydroxyl groups is 1. The summed E-state index contributed by atoms with van der Waals surface area (Å²) >= 11 is 5.91. The molecule has 1 aromatic heterocycles. The summed E-state index contributed by atoms with van der Waals surface area (Å²) in [6, 6.07) is 0. The molecule has 0 fully saturated rings. The Morgan fingerprint density at radius 1 is 1.22 bits per heavy atom. The number of halogens is 1. The van der Waals surface area contributed by atoms with Crippen molar-refractivity contribution < 1.29 is 5.11 Å². The van der Waals surface area contributed by atoms with Gasteiger partial charge in [0, 0.05) is 13.2 Å². The van der Waals surface area contributed by atoms with Crippen LogP contribution in [-0.2, 0) is 0 Å². The number of hydrogen-bond acceptors (Lipinski definition) is 4. The first-order valence-electron chi connectivity index (χ1n) is 6.44. The van der Waals surface area contributed by atoms with Crippen molar-refractivity contribution in [2.24, 2.45) is 5.92 Å². The van der Waals surface area contributed by atoms with Crippen LogP contribution in [-0.4, -0.2) is 28.5 Å². The lowest BCUT2D eigenvalue weighted by Crippen LogP contribution is -2.17. The van der Waals surface area contributed by atoms with Crippen molar-refractivity contribution in [3.8, 4) is 0 Å². The lowest BCUT2D eigenvalue weighted by molar-refractivity contribution is 0.255. The zero-order valence-electron chi connectivity index (χ0n) is 11.3. The first kappa shape index (κ1) is 15.2. The number of aliphatic hydroxyl groups excluding tert-OH is 1. The van der Waals surface area contributed by atoms with Crippen LogP contribution in [0.4, 0.5) is 5.82 Å². The molecule has 0 radical (unpaired) electrons. The highest BCUT2D eigenvalue weighted by molar-refractivity contribution is 6.30. The van der Waals surface area contributed by atoms with E-state index >= 15 is 0 Å².